The predicted octanol–water partition coefficient (Wildman–Crippen LogP) is 5.72. The molecule has 180 valence electrons. The van der Waals surface area contributed by atoms with Crippen LogP contribution in [-0.2, 0) is 9.68 Å². The van der Waals surface area contributed by atoms with E-state index in [0.717, 1.165) is 14.1 Å². The highest BCUT2D eigenvalue weighted by Gasteiger charge is 2.38. The molecule has 0 heterocycles. The second kappa shape index (κ2) is 13.8. The molecule has 0 aromatic rings. The lowest BCUT2D eigenvalue weighted by Crippen LogP contribution is -2.30. The second-order valence-electron chi connectivity index (χ2n) is 5.28. The van der Waals surface area contributed by atoms with Crippen molar-refractivity contribution in [2.24, 2.45) is 10.3 Å². The molecule has 0 unspecified atom stereocenters. The highest BCUT2D eigenvalue weighted by molar-refractivity contribution is 8.14. The molecule has 0 N–H and O–H groups in total. The van der Waals surface area contributed by atoms with Crippen LogP contribution in [0.4, 0.5) is 35.9 Å². The number of carbonyl (C=O) groups is 2. The molecule has 2 amide bonds. The Labute approximate surface area is 187 Å². The van der Waals surface area contributed by atoms with Gasteiger partial charge in [0.05, 0.1) is 12.1 Å². The van der Waals surface area contributed by atoms with Gasteiger partial charge in [0.25, 0.3) is 0 Å². The van der Waals surface area contributed by atoms with Gasteiger partial charge in [0.1, 0.15) is 0 Å². The lowest BCUT2D eigenvalue weighted by atomic mass is 10.6. The van der Waals surface area contributed by atoms with E-state index < -0.39 is 34.6 Å². The molecule has 31 heavy (non-hydrogen) atoms. The first kappa shape index (κ1) is 29.5. The minimum Gasteiger partial charge on any atom is -0.296 e. The van der Waals surface area contributed by atoms with Crippen molar-refractivity contribution in [3.63, 3.8) is 0 Å². The SMILES string of the molecule is CCCS/C(=N\OC(=O)N(C)SN(C)C(=O)O/N=C(\SCCC)C(F)(F)F)C(F)(F)F. The molecule has 0 aliphatic heterocycles. The van der Waals surface area contributed by atoms with Crippen molar-refractivity contribution in [1.29, 1.82) is 0 Å². The molecule has 8 nitrogen and oxygen atoms in total. The minimum atomic E-state index is -4.82. The first-order chi connectivity index (χ1) is 14.2. The van der Waals surface area contributed by atoms with E-state index in [0.29, 0.717) is 45.0 Å². The summed E-state index contributed by atoms with van der Waals surface area (Å²) in [4.78, 5) is 32.0. The van der Waals surface area contributed by atoms with Crippen molar-refractivity contribution in [2.75, 3.05) is 25.6 Å². The number of carbonyl (C=O) groups excluding carboxylic acids is 2. The van der Waals surface area contributed by atoms with Crippen molar-refractivity contribution in [3.05, 3.63) is 0 Å². The largest absolute Gasteiger partial charge is 0.447 e. The van der Waals surface area contributed by atoms with Crippen LogP contribution in [0.2, 0.25) is 0 Å². The summed E-state index contributed by atoms with van der Waals surface area (Å²) in [6.07, 6.45) is -11.5. The summed E-state index contributed by atoms with van der Waals surface area (Å²) in [5.41, 5.74) is 0. The predicted molar refractivity (Wildman–Crippen MR) is 109 cm³/mol. The number of hydrogen-bond acceptors (Lipinski definition) is 9. The monoisotopic (exact) mass is 518 g/mol. The topological polar surface area (TPSA) is 83.8 Å². The summed E-state index contributed by atoms with van der Waals surface area (Å²) < 4.78 is 77.9. The maximum atomic E-state index is 12.8. The third-order valence-electron chi connectivity index (χ3n) is 2.54. The van der Waals surface area contributed by atoms with Crippen molar-refractivity contribution in [1.82, 2.24) is 8.61 Å². The van der Waals surface area contributed by atoms with Gasteiger partial charge in [0.2, 0.25) is 10.1 Å². The van der Waals surface area contributed by atoms with Crippen LogP contribution in [0.3, 0.4) is 0 Å². The van der Waals surface area contributed by atoms with E-state index in [9.17, 15) is 35.9 Å². The molecule has 0 aromatic carbocycles. The van der Waals surface area contributed by atoms with E-state index >= 15 is 0 Å². The lowest BCUT2D eigenvalue weighted by Gasteiger charge is -2.19. The Morgan fingerprint density at radius 1 is 0.774 bits per heavy atom. The quantitative estimate of drug-likeness (QED) is 0.101. The molecule has 0 radical (unpaired) electrons. The van der Waals surface area contributed by atoms with Crippen LogP contribution in [0.25, 0.3) is 0 Å². The number of alkyl halides is 6. The van der Waals surface area contributed by atoms with Crippen LogP contribution < -0.4 is 0 Å². The van der Waals surface area contributed by atoms with Crippen LogP contribution in [0.5, 0.6) is 0 Å². The van der Waals surface area contributed by atoms with Gasteiger partial charge in [-0.05, 0) is 24.3 Å². The van der Waals surface area contributed by atoms with Gasteiger partial charge in [0, 0.05) is 14.1 Å². The second-order valence-corrected chi connectivity index (χ2v) is 8.70. The van der Waals surface area contributed by atoms with E-state index in [4.69, 9.17) is 0 Å². The fourth-order valence-corrected chi connectivity index (χ4v) is 3.11. The molecular formula is C14H20F6N4O4S3. The summed E-state index contributed by atoms with van der Waals surface area (Å²) >= 11 is 0.967. The minimum absolute atomic E-state index is 0.0893. The van der Waals surface area contributed by atoms with Gasteiger partial charge < -0.3 is 0 Å². The Morgan fingerprint density at radius 3 is 1.35 bits per heavy atom. The number of oxime groups is 2. The molecule has 0 fully saturated rings. The average molecular weight is 519 g/mol. The zero-order valence-electron chi connectivity index (χ0n) is 16.7. The highest BCUT2D eigenvalue weighted by atomic mass is 32.2. The summed E-state index contributed by atoms with van der Waals surface area (Å²) in [5, 5.41) is 2.84. The smallest absolute Gasteiger partial charge is 0.296 e. The zero-order chi connectivity index (χ0) is 24.2. The molecule has 0 rings (SSSR count). The van der Waals surface area contributed by atoms with Crippen molar-refractivity contribution < 1.29 is 45.6 Å². The molecule has 0 aliphatic carbocycles. The van der Waals surface area contributed by atoms with E-state index in [1.807, 2.05) is 0 Å². The fraction of sp³-hybridized carbons (Fsp3) is 0.714. The van der Waals surface area contributed by atoms with Gasteiger partial charge >= 0.3 is 24.5 Å². The Balaban J connectivity index is 4.93. The Kier molecular flexibility index (Phi) is 13.2. The van der Waals surface area contributed by atoms with E-state index in [1.165, 1.54) is 0 Å². The molecular weight excluding hydrogens is 498 g/mol. The normalized spacial score (nSPS) is 13.1. The molecule has 17 heteroatoms. The number of amides is 2. The third kappa shape index (κ3) is 12.2. The van der Waals surface area contributed by atoms with Crippen LogP contribution in [0.15, 0.2) is 10.3 Å². The van der Waals surface area contributed by atoms with E-state index in [-0.39, 0.29) is 23.6 Å². The van der Waals surface area contributed by atoms with Gasteiger partial charge in [0.15, 0.2) is 0 Å². The summed E-state index contributed by atoms with van der Waals surface area (Å²) in [6.45, 7) is 3.30. The van der Waals surface area contributed by atoms with Gasteiger partial charge in [-0.3, -0.25) is 9.68 Å². The summed E-state index contributed by atoms with van der Waals surface area (Å²) in [7, 11) is 2.06. The summed E-state index contributed by atoms with van der Waals surface area (Å²) in [6, 6.07) is 0. The van der Waals surface area contributed by atoms with Crippen LogP contribution in [0, 0.1) is 0 Å². The maximum absolute atomic E-state index is 12.8. The number of thioether (sulfide) groups is 2. The Morgan fingerprint density at radius 2 is 1.10 bits per heavy atom. The highest BCUT2D eigenvalue weighted by Crippen LogP contribution is 2.27. The number of halogens is 6. The van der Waals surface area contributed by atoms with Crippen LogP contribution >= 0.6 is 35.7 Å². The van der Waals surface area contributed by atoms with E-state index in [1.54, 1.807) is 13.8 Å². The van der Waals surface area contributed by atoms with Crippen molar-refractivity contribution >= 4 is 57.9 Å². The van der Waals surface area contributed by atoms with Gasteiger partial charge in [-0.1, -0.05) is 47.7 Å². The number of rotatable bonds is 8. The maximum Gasteiger partial charge on any atom is 0.447 e. The molecule has 0 bridgehead atoms. The lowest BCUT2D eigenvalue weighted by molar-refractivity contribution is -0.0585. The van der Waals surface area contributed by atoms with E-state index in [2.05, 4.69) is 20.0 Å². The Hall–Kier alpha value is -1.49. The standard InChI is InChI=1S/C14H20F6N4O4S3/c1-5-7-29-9(13(15,16)17)21-27-11(25)23(3)31-24(4)12(26)28-22-10(14(18,19)20)30-8-6-2/h5-8H2,1-4H3/b21-9-,22-10-. The number of hydrogen-bond donors (Lipinski definition) is 0. The first-order valence-corrected chi connectivity index (χ1v) is 11.1. The van der Waals surface area contributed by atoms with Gasteiger partial charge in [-0.2, -0.15) is 26.3 Å². The van der Waals surface area contributed by atoms with Gasteiger partial charge in [-0.25, -0.2) is 18.2 Å². The molecule has 0 saturated carbocycles. The third-order valence-corrected chi connectivity index (χ3v) is 5.71. The zero-order valence-corrected chi connectivity index (χ0v) is 19.2. The molecule has 0 atom stereocenters. The molecule has 0 saturated heterocycles. The average Bonchev–Trinajstić information content (AvgIpc) is 2.65. The molecule has 0 spiro atoms. The first-order valence-electron chi connectivity index (χ1n) is 8.37. The Bertz CT molecular complexity index is 607. The molecule has 0 aliphatic rings. The fourth-order valence-electron chi connectivity index (χ4n) is 1.24. The molecule has 0 aromatic heterocycles. The number of nitrogens with zero attached hydrogens (tertiary/aromatic N) is 4. The van der Waals surface area contributed by atoms with Crippen molar-refractivity contribution in [3.8, 4) is 0 Å². The van der Waals surface area contributed by atoms with Crippen LogP contribution in [0.1, 0.15) is 26.7 Å². The van der Waals surface area contributed by atoms with Crippen LogP contribution in [-0.4, -0.2) is 68.8 Å². The van der Waals surface area contributed by atoms with Gasteiger partial charge in [-0.15, -0.1) is 0 Å². The summed E-state index contributed by atoms with van der Waals surface area (Å²) in [5.74, 6) is 0.179. The van der Waals surface area contributed by atoms with Crippen molar-refractivity contribution in [2.45, 2.75) is 39.0 Å².